The van der Waals surface area contributed by atoms with Gasteiger partial charge in [-0.3, -0.25) is 0 Å². The molecule has 0 saturated carbocycles. The van der Waals surface area contributed by atoms with E-state index in [1.165, 1.54) is 0 Å². The highest BCUT2D eigenvalue weighted by atomic mass is 35.5. The number of aromatic amines is 1. The molecule has 18 heavy (non-hydrogen) atoms. The van der Waals surface area contributed by atoms with Crippen LogP contribution >= 0.6 is 12.4 Å². The van der Waals surface area contributed by atoms with Gasteiger partial charge >= 0.3 is 0 Å². The predicted molar refractivity (Wildman–Crippen MR) is 71.8 cm³/mol. The lowest BCUT2D eigenvalue weighted by Gasteiger charge is -2.06. The zero-order chi connectivity index (χ0) is 11.9. The monoisotopic (exact) mass is 287 g/mol. The molecule has 0 amide bonds. The molecule has 98 valence electrons. The highest BCUT2D eigenvalue weighted by Gasteiger charge is 2.32. The molecule has 5 nitrogen and oxygen atoms in total. The van der Waals surface area contributed by atoms with Gasteiger partial charge in [-0.1, -0.05) is 12.1 Å². The van der Waals surface area contributed by atoms with E-state index in [0.717, 1.165) is 12.1 Å². The molecule has 0 spiro atoms. The van der Waals surface area contributed by atoms with E-state index in [1.807, 2.05) is 18.2 Å². The number of nitrogens with one attached hydrogen (secondary N) is 2. The van der Waals surface area contributed by atoms with Crippen LogP contribution in [0.25, 0.3) is 11.0 Å². The molecule has 1 aliphatic heterocycles. The van der Waals surface area contributed by atoms with E-state index < -0.39 is 9.84 Å². The topological polar surface area (TPSA) is 74.8 Å². The molecule has 1 aromatic carbocycles. The van der Waals surface area contributed by atoms with Crippen molar-refractivity contribution in [2.45, 2.75) is 16.8 Å². The van der Waals surface area contributed by atoms with Gasteiger partial charge in [0.25, 0.3) is 0 Å². The van der Waals surface area contributed by atoms with Crippen LogP contribution in [-0.2, 0) is 9.84 Å². The molecule has 1 aromatic heterocycles. The highest BCUT2D eigenvalue weighted by molar-refractivity contribution is 7.91. The third-order valence-electron chi connectivity index (χ3n) is 3.09. The van der Waals surface area contributed by atoms with Gasteiger partial charge in [-0.25, -0.2) is 13.4 Å². The van der Waals surface area contributed by atoms with E-state index in [-0.39, 0.29) is 22.8 Å². The zero-order valence-corrected chi connectivity index (χ0v) is 11.2. The normalized spacial score (nSPS) is 19.9. The molecular formula is C11H14ClN3O2S. The SMILES string of the molecule is Cl.O=S(=O)(c1nc2ccccc2[nH]1)[C@@H]1CCNC1. The largest absolute Gasteiger partial charge is 0.329 e. The smallest absolute Gasteiger partial charge is 0.226 e. The molecule has 0 bridgehead atoms. The molecule has 0 aliphatic carbocycles. The maximum absolute atomic E-state index is 12.3. The summed E-state index contributed by atoms with van der Waals surface area (Å²) in [6, 6.07) is 7.33. The Kier molecular flexibility index (Phi) is 3.61. The second-order valence-corrected chi connectivity index (χ2v) is 6.36. The van der Waals surface area contributed by atoms with E-state index in [0.29, 0.717) is 18.5 Å². The molecule has 2 N–H and O–H groups in total. The standard InChI is InChI=1S/C11H13N3O2S.ClH/c15-17(16,8-5-6-12-7-8)11-13-9-3-1-2-4-10(9)14-11;/h1-4,8,12H,5-7H2,(H,13,14);1H/t8-;/m1./s1. The van der Waals surface area contributed by atoms with E-state index in [2.05, 4.69) is 15.3 Å². The Morgan fingerprint density at radius 2 is 2.06 bits per heavy atom. The minimum atomic E-state index is -3.33. The summed E-state index contributed by atoms with van der Waals surface area (Å²) in [5, 5.41) is 2.79. The fourth-order valence-corrected chi connectivity index (χ4v) is 3.67. The van der Waals surface area contributed by atoms with Gasteiger partial charge in [-0.15, -0.1) is 12.4 Å². The van der Waals surface area contributed by atoms with Crippen molar-refractivity contribution < 1.29 is 8.42 Å². The van der Waals surface area contributed by atoms with Crippen LogP contribution in [0.4, 0.5) is 0 Å². The van der Waals surface area contributed by atoms with E-state index in [4.69, 9.17) is 0 Å². The number of hydrogen-bond acceptors (Lipinski definition) is 4. The number of para-hydroxylation sites is 2. The van der Waals surface area contributed by atoms with Gasteiger partial charge in [-0.2, -0.15) is 0 Å². The first kappa shape index (κ1) is 13.3. The van der Waals surface area contributed by atoms with E-state index in [9.17, 15) is 8.42 Å². The lowest BCUT2D eigenvalue weighted by Crippen LogP contribution is -2.24. The lowest BCUT2D eigenvalue weighted by atomic mass is 10.3. The van der Waals surface area contributed by atoms with Crippen molar-refractivity contribution in [3.05, 3.63) is 24.3 Å². The Bertz CT molecular complexity index is 614. The van der Waals surface area contributed by atoms with Gasteiger partial charge in [0.2, 0.25) is 15.0 Å². The molecule has 7 heteroatoms. The van der Waals surface area contributed by atoms with Crippen LogP contribution in [0.3, 0.4) is 0 Å². The molecule has 1 aliphatic rings. The number of H-pyrrole nitrogens is 1. The summed E-state index contributed by atoms with van der Waals surface area (Å²) in [6.45, 7) is 1.27. The first-order chi connectivity index (χ1) is 8.18. The van der Waals surface area contributed by atoms with Gasteiger partial charge in [0.1, 0.15) is 0 Å². The zero-order valence-electron chi connectivity index (χ0n) is 9.59. The predicted octanol–water partition coefficient (Wildman–Crippen LogP) is 1.12. The fraction of sp³-hybridized carbons (Fsp3) is 0.364. The van der Waals surface area contributed by atoms with Crippen LogP contribution in [0.15, 0.2) is 29.4 Å². The number of hydrogen-bond donors (Lipinski definition) is 2. The number of sulfone groups is 1. The van der Waals surface area contributed by atoms with Crippen molar-refractivity contribution in [1.29, 1.82) is 0 Å². The summed E-state index contributed by atoms with van der Waals surface area (Å²) in [4.78, 5) is 7.04. The molecular weight excluding hydrogens is 274 g/mol. The van der Waals surface area contributed by atoms with Crippen LogP contribution in [-0.4, -0.2) is 36.7 Å². The van der Waals surface area contributed by atoms with Crippen molar-refractivity contribution in [2.75, 3.05) is 13.1 Å². The minimum Gasteiger partial charge on any atom is -0.329 e. The van der Waals surface area contributed by atoms with Crippen LogP contribution < -0.4 is 5.32 Å². The fourth-order valence-electron chi connectivity index (χ4n) is 2.12. The summed E-state index contributed by atoms with van der Waals surface area (Å²) >= 11 is 0. The van der Waals surface area contributed by atoms with Gasteiger partial charge in [0.15, 0.2) is 0 Å². The van der Waals surface area contributed by atoms with Crippen molar-refractivity contribution in [3.63, 3.8) is 0 Å². The van der Waals surface area contributed by atoms with Gasteiger partial charge in [0, 0.05) is 6.54 Å². The molecule has 1 saturated heterocycles. The summed E-state index contributed by atoms with van der Waals surface area (Å²) in [5.41, 5.74) is 1.45. The Morgan fingerprint density at radius 3 is 2.72 bits per heavy atom. The number of fused-ring (bicyclic) bond motifs is 1. The van der Waals surface area contributed by atoms with Crippen LogP contribution in [0.2, 0.25) is 0 Å². The van der Waals surface area contributed by atoms with Gasteiger partial charge in [-0.05, 0) is 25.1 Å². The number of aromatic nitrogens is 2. The molecule has 3 rings (SSSR count). The van der Waals surface area contributed by atoms with Gasteiger partial charge in [0.05, 0.1) is 16.3 Å². The first-order valence-electron chi connectivity index (χ1n) is 5.57. The molecule has 0 radical (unpaired) electrons. The van der Waals surface area contributed by atoms with Crippen molar-refractivity contribution in [1.82, 2.24) is 15.3 Å². The lowest BCUT2D eigenvalue weighted by molar-refractivity contribution is 0.576. The molecule has 0 unspecified atom stereocenters. The Balaban J connectivity index is 0.00000120. The average Bonchev–Trinajstić information content (AvgIpc) is 2.98. The number of nitrogens with zero attached hydrogens (tertiary/aromatic N) is 1. The van der Waals surface area contributed by atoms with E-state index in [1.54, 1.807) is 6.07 Å². The van der Waals surface area contributed by atoms with E-state index >= 15 is 0 Å². The second kappa shape index (κ2) is 4.87. The second-order valence-electron chi connectivity index (χ2n) is 4.22. The van der Waals surface area contributed by atoms with Gasteiger partial charge < -0.3 is 10.3 Å². The Labute approximate surface area is 111 Å². The first-order valence-corrected chi connectivity index (χ1v) is 7.12. The number of rotatable bonds is 2. The van der Waals surface area contributed by atoms with Crippen LogP contribution in [0.5, 0.6) is 0 Å². The molecule has 1 fully saturated rings. The molecule has 2 heterocycles. The van der Waals surface area contributed by atoms with Crippen LogP contribution in [0.1, 0.15) is 6.42 Å². The molecule has 1 atom stereocenters. The number of imidazole rings is 1. The number of benzene rings is 1. The number of halogens is 1. The molecule has 2 aromatic rings. The Hall–Kier alpha value is -1.11. The maximum atomic E-state index is 12.3. The maximum Gasteiger partial charge on any atom is 0.226 e. The highest BCUT2D eigenvalue weighted by Crippen LogP contribution is 2.20. The minimum absolute atomic E-state index is 0. The van der Waals surface area contributed by atoms with Crippen molar-refractivity contribution >= 4 is 33.3 Å². The summed E-state index contributed by atoms with van der Waals surface area (Å²) in [5.74, 6) is 0. The quantitative estimate of drug-likeness (QED) is 0.868. The summed E-state index contributed by atoms with van der Waals surface area (Å²) in [6.07, 6.45) is 0.652. The van der Waals surface area contributed by atoms with Crippen LogP contribution in [0, 0.1) is 0 Å². The van der Waals surface area contributed by atoms with Crippen molar-refractivity contribution in [3.8, 4) is 0 Å². The summed E-state index contributed by atoms with van der Waals surface area (Å²) < 4.78 is 24.5. The third-order valence-corrected chi connectivity index (χ3v) is 5.10. The van der Waals surface area contributed by atoms with Crippen molar-refractivity contribution in [2.24, 2.45) is 0 Å². The summed E-state index contributed by atoms with van der Waals surface area (Å²) in [7, 11) is -3.33. The average molecular weight is 288 g/mol. The Morgan fingerprint density at radius 1 is 1.28 bits per heavy atom. The third kappa shape index (κ3) is 2.11.